The number of fused-ring (bicyclic) bond motifs is 1. The molecule has 3 heterocycles. The SMILES string of the molecule is Cc1nc(C(=O)Nc2c(C(=O)N3CCOCC3)oc3ccccc23)nn1-c1ccc(F)cc1. The van der Waals surface area contributed by atoms with Gasteiger partial charge in [-0.1, -0.05) is 12.1 Å². The molecule has 10 heteroatoms. The standard InChI is InChI=1S/C23H20FN5O4/c1-14-25-21(27-29(14)16-8-6-15(24)7-9-16)22(30)26-19-17-4-2-3-5-18(17)33-20(19)23(31)28-10-12-32-13-11-28/h2-9H,10-13H2,1H3,(H,26,30). The Morgan fingerprint density at radius 3 is 2.55 bits per heavy atom. The van der Waals surface area contributed by atoms with Crippen molar-refractivity contribution in [3.8, 4) is 5.69 Å². The highest BCUT2D eigenvalue weighted by molar-refractivity contribution is 6.13. The summed E-state index contributed by atoms with van der Waals surface area (Å²) in [6.45, 7) is 3.45. The minimum Gasteiger partial charge on any atom is -0.449 e. The van der Waals surface area contributed by atoms with Gasteiger partial charge in [-0.3, -0.25) is 9.59 Å². The average Bonchev–Trinajstić information content (AvgIpc) is 3.41. The van der Waals surface area contributed by atoms with Gasteiger partial charge in [-0.05, 0) is 43.3 Å². The van der Waals surface area contributed by atoms with E-state index in [9.17, 15) is 14.0 Å². The van der Waals surface area contributed by atoms with Gasteiger partial charge in [-0.2, -0.15) is 0 Å². The third-order valence-corrected chi connectivity index (χ3v) is 5.37. The number of anilines is 1. The van der Waals surface area contributed by atoms with Crippen LogP contribution in [0.4, 0.5) is 10.1 Å². The quantitative estimate of drug-likeness (QED) is 0.513. The fourth-order valence-electron chi connectivity index (χ4n) is 3.71. The van der Waals surface area contributed by atoms with E-state index in [-0.39, 0.29) is 29.0 Å². The van der Waals surface area contributed by atoms with Gasteiger partial charge in [0.1, 0.15) is 22.9 Å². The second kappa shape index (κ2) is 8.47. The van der Waals surface area contributed by atoms with Crippen LogP contribution in [-0.2, 0) is 4.74 Å². The predicted octanol–water partition coefficient (Wildman–Crippen LogP) is 3.19. The summed E-state index contributed by atoms with van der Waals surface area (Å²) in [6.07, 6.45) is 0. The van der Waals surface area contributed by atoms with Crippen molar-refractivity contribution in [3.63, 3.8) is 0 Å². The Hall–Kier alpha value is -4.05. The number of halogens is 1. The van der Waals surface area contributed by atoms with Crippen LogP contribution in [-0.4, -0.2) is 57.8 Å². The average molecular weight is 449 g/mol. The predicted molar refractivity (Wildman–Crippen MR) is 117 cm³/mol. The van der Waals surface area contributed by atoms with E-state index in [0.29, 0.717) is 48.8 Å². The molecule has 1 N–H and O–H groups in total. The lowest BCUT2D eigenvalue weighted by molar-refractivity contribution is 0.0285. The number of morpholine rings is 1. The van der Waals surface area contributed by atoms with E-state index in [1.807, 2.05) is 0 Å². The number of benzene rings is 2. The molecule has 0 bridgehead atoms. The van der Waals surface area contributed by atoms with Gasteiger partial charge < -0.3 is 19.4 Å². The number of hydrogen-bond acceptors (Lipinski definition) is 6. The first kappa shape index (κ1) is 20.8. The molecular formula is C23H20FN5O4. The van der Waals surface area contributed by atoms with Crippen molar-refractivity contribution in [3.05, 3.63) is 71.8 Å². The molecule has 0 atom stereocenters. The largest absolute Gasteiger partial charge is 0.449 e. The first-order valence-electron chi connectivity index (χ1n) is 10.4. The van der Waals surface area contributed by atoms with Crippen LogP contribution in [0.25, 0.3) is 16.7 Å². The van der Waals surface area contributed by atoms with Gasteiger partial charge in [0.25, 0.3) is 11.8 Å². The molecule has 2 aromatic heterocycles. The summed E-state index contributed by atoms with van der Waals surface area (Å²) in [5.74, 6) is -0.896. The molecule has 0 radical (unpaired) electrons. The maximum absolute atomic E-state index is 13.3. The topological polar surface area (TPSA) is 102 Å². The smallest absolute Gasteiger partial charge is 0.295 e. The fraction of sp³-hybridized carbons (Fsp3) is 0.217. The summed E-state index contributed by atoms with van der Waals surface area (Å²) in [7, 11) is 0. The number of carbonyl (C=O) groups excluding carboxylic acids is 2. The van der Waals surface area contributed by atoms with E-state index in [2.05, 4.69) is 15.4 Å². The lowest BCUT2D eigenvalue weighted by atomic mass is 10.2. The van der Waals surface area contributed by atoms with Crippen LogP contribution in [0.3, 0.4) is 0 Å². The van der Waals surface area contributed by atoms with Gasteiger partial charge >= 0.3 is 0 Å². The molecule has 9 nitrogen and oxygen atoms in total. The number of carbonyl (C=O) groups is 2. The Balaban J connectivity index is 1.48. The van der Waals surface area contributed by atoms with Crippen molar-refractivity contribution in [2.75, 3.05) is 31.6 Å². The van der Waals surface area contributed by atoms with Crippen molar-refractivity contribution < 1.29 is 23.1 Å². The molecule has 33 heavy (non-hydrogen) atoms. The molecule has 4 aromatic rings. The number of aromatic nitrogens is 3. The van der Waals surface area contributed by atoms with Crippen molar-refractivity contribution in [2.45, 2.75) is 6.92 Å². The third kappa shape index (κ3) is 3.96. The van der Waals surface area contributed by atoms with Crippen LogP contribution in [0.1, 0.15) is 27.0 Å². The molecule has 5 rings (SSSR count). The Kier molecular flexibility index (Phi) is 5.35. The normalized spacial score (nSPS) is 13.9. The summed E-state index contributed by atoms with van der Waals surface area (Å²) < 4.78 is 25.9. The van der Waals surface area contributed by atoms with Crippen LogP contribution < -0.4 is 5.32 Å². The van der Waals surface area contributed by atoms with Crippen molar-refractivity contribution in [1.29, 1.82) is 0 Å². The molecular weight excluding hydrogens is 429 g/mol. The molecule has 2 amide bonds. The van der Waals surface area contributed by atoms with Crippen LogP contribution >= 0.6 is 0 Å². The molecule has 168 valence electrons. The number of ether oxygens (including phenoxy) is 1. The zero-order chi connectivity index (χ0) is 22.9. The molecule has 1 aliphatic rings. The summed E-state index contributed by atoms with van der Waals surface area (Å²) in [5.41, 5.74) is 1.31. The second-order valence-electron chi connectivity index (χ2n) is 7.53. The van der Waals surface area contributed by atoms with Gasteiger partial charge in [0, 0.05) is 18.5 Å². The Morgan fingerprint density at radius 1 is 1.06 bits per heavy atom. The minimum atomic E-state index is -0.596. The second-order valence-corrected chi connectivity index (χ2v) is 7.53. The van der Waals surface area contributed by atoms with Gasteiger partial charge in [0.2, 0.25) is 11.6 Å². The van der Waals surface area contributed by atoms with Gasteiger partial charge in [-0.15, -0.1) is 5.10 Å². The Bertz CT molecular complexity index is 1340. The summed E-state index contributed by atoms with van der Waals surface area (Å²) in [6, 6.07) is 12.8. The number of nitrogens with one attached hydrogen (secondary N) is 1. The highest BCUT2D eigenvalue weighted by atomic mass is 19.1. The van der Waals surface area contributed by atoms with Crippen molar-refractivity contribution in [1.82, 2.24) is 19.7 Å². The fourth-order valence-corrected chi connectivity index (χ4v) is 3.71. The Labute approximate surface area is 187 Å². The number of furan rings is 1. The maximum atomic E-state index is 13.3. The van der Waals surface area contributed by atoms with Crippen LogP contribution in [0.15, 0.2) is 52.9 Å². The minimum absolute atomic E-state index is 0.0427. The first-order valence-corrected chi connectivity index (χ1v) is 10.4. The first-order chi connectivity index (χ1) is 16.0. The monoisotopic (exact) mass is 449 g/mol. The number of hydrogen-bond donors (Lipinski definition) is 1. The molecule has 1 aliphatic heterocycles. The third-order valence-electron chi connectivity index (χ3n) is 5.37. The van der Waals surface area contributed by atoms with Crippen molar-refractivity contribution in [2.24, 2.45) is 0 Å². The number of nitrogens with zero attached hydrogens (tertiary/aromatic N) is 4. The highest BCUT2D eigenvalue weighted by Gasteiger charge is 2.28. The molecule has 0 spiro atoms. The van der Waals surface area contributed by atoms with Gasteiger partial charge in [-0.25, -0.2) is 14.1 Å². The Morgan fingerprint density at radius 2 is 1.79 bits per heavy atom. The zero-order valence-electron chi connectivity index (χ0n) is 17.7. The van der Waals surface area contributed by atoms with E-state index >= 15 is 0 Å². The van der Waals surface area contributed by atoms with E-state index < -0.39 is 5.91 Å². The summed E-state index contributed by atoms with van der Waals surface area (Å²) in [4.78, 5) is 32.1. The molecule has 2 aromatic carbocycles. The van der Waals surface area contributed by atoms with Crippen LogP contribution in [0, 0.1) is 12.7 Å². The van der Waals surface area contributed by atoms with Gasteiger partial charge in [0.15, 0.2) is 0 Å². The maximum Gasteiger partial charge on any atom is 0.295 e. The van der Waals surface area contributed by atoms with Crippen LogP contribution in [0.2, 0.25) is 0 Å². The van der Waals surface area contributed by atoms with Crippen molar-refractivity contribution >= 4 is 28.5 Å². The molecule has 0 saturated carbocycles. The zero-order valence-corrected chi connectivity index (χ0v) is 17.7. The van der Waals surface area contributed by atoms with E-state index in [4.69, 9.17) is 9.15 Å². The summed E-state index contributed by atoms with van der Waals surface area (Å²) >= 11 is 0. The number of para-hydroxylation sites is 1. The van der Waals surface area contributed by atoms with E-state index in [0.717, 1.165) is 0 Å². The lowest BCUT2D eigenvalue weighted by Gasteiger charge is -2.26. The van der Waals surface area contributed by atoms with E-state index in [1.54, 1.807) is 48.2 Å². The summed E-state index contributed by atoms with van der Waals surface area (Å²) in [5, 5.41) is 7.62. The van der Waals surface area contributed by atoms with E-state index in [1.165, 1.54) is 16.8 Å². The molecule has 1 fully saturated rings. The number of aryl methyl sites for hydroxylation is 1. The van der Waals surface area contributed by atoms with Gasteiger partial charge in [0.05, 0.1) is 18.9 Å². The number of amides is 2. The number of rotatable bonds is 4. The van der Waals surface area contributed by atoms with Crippen LogP contribution in [0.5, 0.6) is 0 Å². The molecule has 1 saturated heterocycles. The molecule has 0 aliphatic carbocycles. The lowest BCUT2D eigenvalue weighted by Crippen LogP contribution is -2.40. The highest BCUT2D eigenvalue weighted by Crippen LogP contribution is 2.32. The molecule has 0 unspecified atom stereocenters.